The van der Waals surface area contributed by atoms with Gasteiger partial charge in [-0.3, -0.25) is 4.79 Å². The van der Waals surface area contributed by atoms with Crippen LogP contribution in [0.2, 0.25) is 5.02 Å². The van der Waals surface area contributed by atoms with Crippen LogP contribution in [0, 0.1) is 0 Å². The van der Waals surface area contributed by atoms with Crippen LogP contribution in [-0.2, 0) is 0 Å². The average molecular weight is 310 g/mol. The van der Waals surface area contributed by atoms with E-state index in [1.807, 2.05) is 54.6 Å². The summed E-state index contributed by atoms with van der Waals surface area (Å²) in [5.41, 5.74) is 2.67. The number of hydrogen-bond donors (Lipinski definition) is 0. The Labute approximate surface area is 132 Å². The van der Waals surface area contributed by atoms with Gasteiger partial charge >= 0.3 is 0 Å². The number of aldehydes is 1. The minimum absolute atomic E-state index is 0.284. The number of aromatic nitrogens is 3. The van der Waals surface area contributed by atoms with Gasteiger partial charge in [0.05, 0.1) is 11.4 Å². The predicted molar refractivity (Wildman–Crippen MR) is 87.1 cm³/mol. The molecule has 0 saturated carbocycles. The molecule has 1 aromatic heterocycles. The van der Waals surface area contributed by atoms with Gasteiger partial charge in [-0.05, 0) is 29.8 Å². The first-order chi connectivity index (χ1) is 10.8. The molecule has 0 fully saturated rings. The third-order valence-electron chi connectivity index (χ3n) is 3.13. The smallest absolute Gasteiger partial charge is 0.172 e. The van der Waals surface area contributed by atoms with Gasteiger partial charge in [-0.15, -0.1) is 5.10 Å². The Hall–Kier alpha value is -2.72. The Morgan fingerprint density at radius 2 is 1.82 bits per heavy atom. The highest BCUT2D eigenvalue weighted by Crippen LogP contribution is 2.18. The molecule has 1 heterocycles. The van der Waals surface area contributed by atoms with Gasteiger partial charge < -0.3 is 0 Å². The zero-order valence-electron chi connectivity index (χ0n) is 11.6. The van der Waals surface area contributed by atoms with Gasteiger partial charge in [-0.25, -0.2) is 4.68 Å². The lowest BCUT2D eigenvalue weighted by atomic mass is 10.2. The molecule has 0 saturated heterocycles. The SMILES string of the molecule is O=Cc1nnn(-c2cccc(Cl)c2)c1/C=C/c1ccccc1. The molecular weight excluding hydrogens is 298 g/mol. The predicted octanol–water partition coefficient (Wildman–Crippen LogP) is 3.90. The van der Waals surface area contributed by atoms with Gasteiger partial charge in [0, 0.05) is 5.02 Å². The molecule has 0 spiro atoms. The van der Waals surface area contributed by atoms with E-state index in [4.69, 9.17) is 11.6 Å². The molecule has 0 aliphatic heterocycles. The van der Waals surface area contributed by atoms with Crippen LogP contribution < -0.4 is 0 Å². The second-order valence-electron chi connectivity index (χ2n) is 4.61. The third-order valence-corrected chi connectivity index (χ3v) is 3.37. The average Bonchev–Trinajstić information content (AvgIpc) is 2.97. The molecule has 3 rings (SSSR count). The van der Waals surface area contributed by atoms with Gasteiger partial charge in [-0.2, -0.15) is 0 Å². The summed E-state index contributed by atoms with van der Waals surface area (Å²) in [4.78, 5) is 11.2. The Bertz CT molecular complexity index is 825. The van der Waals surface area contributed by atoms with Crippen molar-refractivity contribution < 1.29 is 4.79 Å². The molecule has 0 atom stereocenters. The molecule has 0 aliphatic carbocycles. The number of hydrogen-bond acceptors (Lipinski definition) is 3. The number of carbonyl (C=O) groups is 1. The van der Waals surface area contributed by atoms with E-state index in [-0.39, 0.29) is 5.69 Å². The topological polar surface area (TPSA) is 47.8 Å². The van der Waals surface area contributed by atoms with Gasteiger partial charge in [0.15, 0.2) is 12.0 Å². The highest BCUT2D eigenvalue weighted by molar-refractivity contribution is 6.30. The van der Waals surface area contributed by atoms with Crippen molar-refractivity contribution in [2.24, 2.45) is 0 Å². The van der Waals surface area contributed by atoms with Gasteiger partial charge in [0.2, 0.25) is 0 Å². The van der Waals surface area contributed by atoms with Crippen molar-refractivity contribution in [3.05, 3.63) is 76.6 Å². The molecule has 0 radical (unpaired) electrons. The van der Waals surface area contributed by atoms with Crippen LogP contribution in [-0.4, -0.2) is 21.3 Å². The third kappa shape index (κ3) is 2.97. The van der Waals surface area contributed by atoms with E-state index >= 15 is 0 Å². The zero-order valence-corrected chi connectivity index (χ0v) is 12.3. The van der Waals surface area contributed by atoms with E-state index in [1.54, 1.807) is 16.8 Å². The molecule has 0 amide bonds. The summed E-state index contributed by atoms with van der Waals surface area (Å²) in [5.74, 6) is 0. The van der Waals surface area contributed by atoms with Crippen LogP contribution in [0.15, 0.2) is 54.6 Å². The van der Waals surface area contributed by atoms with E-state index < -0.39 is 0 Å². The fourth-order valence-electron chi connectivity index (χ4n) is 2.08. The Morgan fingerprint density at radius 3 is 2.55 bits per heavy atom. The molecule has 108 valence electrons. The van der Waals surface area contributed by atoms with Crippen LogP contribution >= 0.6 is 11.6 Å². The standard InChI is InChI=1S/C17H12ClN3O/c18-14-7-4-8-15(11-14)21-17(16(12-22)19-20-21)10-9-13-5-2-1-3-6-13/h1-12H/b10-9+. The highest BCUT2D eigenvalue weighted by atomic mass is 35.5. The van der Waals surface area contributed by atoms with Crippen LogP contribution in [0.5, 0.6) is 0 Å². The molecule has 4 nitrogen and oxygen atoms in total. The fraction of sp³-hybridized carbons (Fsp3) is 0. The summed E-state index contributed by atoms with van der Waals surface area (Å²) in [6.07, 6.45) is 4.42. The summed E-state index contributed by atoms with van der Waals surface area (Å²) in [5, 5.41) is 8.54. The van der Waals surface area contributed by atoms with Crippen LogP contribution in [0.4, 0.5) is 0 Å². The minimum atomic E-state index is 0.284. The number of halogens is 1. The molecular formula is C17H12ClN3O. The van der Waals surface area contributed by atoms with E-state index in [1.165, 1.54) is 0 Å². The lowest BCUT2D eigenvalue weighted by Gasteiger charge is -2.04. The molecule has 0 bridgehead atoms. The molecule has 0 N–H and O–H groups in total. The van der Waals surface area contributed by atoms with E-state index in [9.17, 15) is 4.79 Å². The number of benzene rings is 2. The fourth-order valence-corrected chi connectivity index (χ4v) is 2.26. The normalized spacial score (nSPS) is 11.0. The molecule has 3 aromatic rings. The summed E-state index contributed by atoms with van der Waals surface area (Å²) in [6.45, 7) is 0. The lowest BCUT2D eigenvalue weighted by Crippen LogP contribution is -1.99. The molecule has 2 aromatic carbocycles. The quantitative estimate of drug-likeness (QED) is 0.687. The van der Waals surface area contributed by atoms with Gasteiger partial charge in [0.25, 0.3) is 0 Å². The van der Waals surface area contributed by atoms with Crippen molar-refractivity contribution in [3.63, 3.8) is 0 Å². The molecule has 0 unspecified atom stereocenters. The van der Waals surface area contributed by atoms with Crippen molar-refractivity contribution in [1.29, 1.82) is 0 Å². The van der Waals surface area contributed by atoms with Crippen molar-refractivity contribution >= 4 is 30.0 Å². The Morgan fingerprint density at radius 1 is 1.00 bits per heavy atom. The lowest BCUT2D eigenvalue weighted by molar-refractivity contribution is 0.111. The van der Waals surface area contributed by atoms with Crippen LogP contribution in [0.1, 0.15) is 21.7 Å². The first-order valence-corrected chi connectivity index (χ1v) is 7.05. The van der Waals surface area contributed by atoms with E-state index in [0.29, 0.717) is 17.0 Å². The Balaban J connectivity index is 2.04. The number of nitrogens with zero attached hydrogens (tertiary/aromatic N) is 3. The minimum Gasteiger partial charge on any atom is -0.296 e. The molecule has 0 aliphatic rings. The maximum Gasteiger partial charge on any atom is 0.172 e. The first kappa shape index (κ1) is 14.2. The monoisotopic (exact) mass is 309 g/mol. The Kier molecular flexibility index (Phi) is 4.12. The maximum atomic E-state index is 11.2. The van der Waals surface area contributed by atoms with E-state index in [2.05, 4.69) is 10.3 Å². The van der Waals surface area contributed by atoms with Crippen molar-refractivity contribution in [3.8, 4) is 5.69 Å². The van der Waals surface area contributed by atoms with Crippen molar-refractivity contribution in [2.45, 2.75) is 0 Å². The van der Waals surface area contributed by atoms with Crippen molar-refractivity contribution in [1.82, 2.24) is 15.0 Å². The number of carbonyl (C=O) groups excluding carboxylic acids is 1. The highest BCUT2D eigenvalue weighted by Gasteiger charge is 2.11. The van der Waals surface area contributed by atoms with Crippen LogP contribution in [0.25, 0.3) is 17.8 Å². The molecule has 22 heavy (non-hydrogen) atoms. The van der Waals surface area contributed by atoms with Crippen LogP contribution in [0.3, 0.4) is 0 Å². The van der Waals surface area contributed by atoms with E-state index in [0.717, 1.165) is 11.3 Å². The second kappa shape index (κ2) is 6.37. The molecule has 5 heteroatoms. The van der Waals surface area contributed by atoms with Crippen molar-refractivity contribution in [2.75, 3.05) is 0 Å². The summed E-state index contributed by atoms with van der Waals surface area (Å²) in [6, 6.07) is 17.0. The number of rotatable bonds is 4. The largest absolute Gasteiger partial charge is 0.296 e. The van der Waals surface area contributed by atoms with Gasteiger partial charge in [-0.1, -0.05) is 59.3 Å². The summed E-state index contributed by atoms with van der Waals surface area (Å²) < 4.78 is 1.59. The summed E-state index contributed by atoms with van der Waals surface area (Å²) in [7, 11) is 0. The maximum absolute atomic E-state index is 11.2. The second-order valence-corrected chi connectivity index (χ2v) is 5.05. The first-order valence-electron chi connectivity index (χ1n) is 6.68. The summed E-state index contributed by atoms with van der Waals surface area (Å²) >= 11 is 6.01. The van der Waals surface area contributed by atoms with Gasteiger partial charge in [0.1, 0.15) is 0 Å². The zero-order chi connectivity index (χ0) is 15.4.